The maximum Gasteiger partial charge on any atom is 0.306 e. The molecule has 1 unspecified atom stereocenters. The number of aliphatic carboxylic acids is 1. The number of hydrogen-bond donors (Lipinski definition) is 4. The van der Waals surface area contributed by atoms with E-state index >= 15 is 0 Å². The highest BCUT2D eigenvalue weighted by Gasteiger charge is 2.32. The van der Waals surface area contributed by atoms with Crippen molar-refractivity contribution in [1.29, 1.82) is 0 Å². The van der Waals surface area contributed by atoms with Crippen molar-refractivity contribution in [2.24, 2.45) is 5.92 Å². The fraction of sp³-hybridized carbons (Fsp3) is 0.421. The number of H-pyrrole nitrogens is 1. The van der Waals surface area contributed by atoms with Gasteiger partial charge in [0.15, 0.2) is 0 Å². The minimum Gasteiger partial charge on any atom is -0.481 e. The van der Waals surface area contributed by atoms with E-state index in [1.165, 1.54) is 19.1 Å². The number of benzene rings is 1. The second-order valence-electron chi connectivity index (χ2n) is 7.01. The van der Waals surface area contributed by atoms with Crippen LogP contribution < -0.4 is 10.6 Å². The number of carboxylic acids is 1. The Bertz CT molecular complexity index is 879. The van der Waals surface area contributed by atoms with Crippen molar-refractivity contribution in [3.05, 3.63) is 35.8 Å². The Balaban J connectivity index is 1.72. The molecule has 8 heteroatoms. The summed E-state index contributed by atoms with van der Waals surface area (Å²) in [4.78, 5) is 38.3. The van der Waals surface area contributed by atoms with Gasteiger partial charge >= 0.3 is 5.97 Å². The number of carbonyl (C=O) groups is 3. The number of carboxylic acid groups (broad SMARTS) is 1. The van der Waals surface area contributed by atoms with Crippen LogP contribution in [0.15, 0.2) is 24.4 Å². The first kappa shape index (κ1) is 18.9. The van der Waals surface area contributed by atoms with Gasteiger partial charge in [0.1, 0.15) is 11.9 Å². The summed E-state index contributed by atoms with van der Waals surface area (Å²) in [5.41, 5.74) is 1.40. The number of halogens is 1. The van der Waals surface area contributed by atoms with Gasteiger partial charge in [0.05, 0.1) is 5.92 Å². The van der Waals surface area contributed by atoms with E-state index in [4.69, 9.17) is 5.11 Å². The van der Waals surface area contributed by atoms with Crippen molar-refractivity contribution in [2.45, 2.75) is 44.7 Å². The number of nitrogens with one attached hydrogen (secondary N) is 3. The largest absolute Gasteiger partial charge is 0.481 e. The Kier molecular flexibility index (Phi) is 5.43. The number of carbonyl (C=O) groups excluding carboxylic acids is 2. The molecule has 27 heavy (non-hydrogen) atoms. The van der Waals surface area contributed by atoms with E-state index in [0.717, 1.165) is 10.9 Å². The number of fused-ring (bicyclic) bond motifs is 1. The second-order valence-corrected chi connectivity index (χ2v) is 7.01. The topological polar surface area (TPSA) is 111 Å². The molecule has 144 valence electrons. The number of amides is 2. The Morgan fingerprint density at radius 1 is 1.33 bits per heavy atom. The van der Waals surface area contributed by atoms with E-state index in [-0.39, 0.29) is 30.1 Å². The number of rotatable bonds is 6. The fourth-order valence-electron chi connectivity index (χ4n) is 3.64. The number of aromatic amines is 1. The average Bonchev–Trinajstić information content (AvgIpc) is 3.21. The van der Waals surface area contributed by atoms with Crippen molar-refractivity contribution in [2.75, 3.05) is 0 Å². The third-order valence-electron chi connectivity index (χ3n) is 4.98. The molecular formula is C19H22FN3O4. The van der Waals surface area contributed by atoms with E-state index in [1.54, 1.807) is 12.3 Å². The van der Waals surface area contributed by atoms with Crippen LogP contribution in [0.2, 0.25) is 0 Å². The lowest BCUT2D eigenvalue weighted by atomic mass is 10.0. The second kappa shape index (κ2) is 7.77. The molecule has 1 aliphatic carbocycles. The molecular weight excluding hydrogens is 353 g/mol. The quantitative estimate of drug-likeness (QED) is 0.616. The third-order valence-corrected chi connectivity index (χ3v) is 4.98. The van der Waals surface area contributed by atoms with Gasteiger partial charge < -0.3 is 20.7 Å². The van der Waals surface area contributed by atoms with Crippen molar-refractivity contribution < 1.29 is 23.9 Å². The van der Waals surface area contributed by atoms with Crippen LogP contribution in [0.1, 0.15) is 31.7 Å². The van der Waals surface area contributed by atoms with Crippen LogP contribution in [0.3, 0.4) is 0 Å². The molecule has 0 radical (unpaired) electrons. The summed E-state index contributed by atoms with van der Waals surface area (Å²) >= 11 is 0. The van der Waals surface area contributed by atoms with Crippen LogP contribution in [-0.4, -0.2) is 40.0 Å². The lowest BCUT2D eigenvalue weighted by molar-refractivity contribution is -0.141. The predicted octanol–water partition coefficient (Wildman–Crippen LogP) is 1.72. The molecule has 1 heterocycles. The summed E-state index contributed by atoms with van der Waals surface area (Å²) in [6.07, 6.45) is 3.45. The van der Waals surface area contributed by atoms with Gasteiger partial charge in [-0.25, -0.2) is 4.39 Å². The third kappa shape index (κ3) is 4.45. The standard InChI is InChI=1S/C19H22FN3O4/c1-10(24)22-17(18(25)23-14-4-2-11(6-14)19(26)27)7-12-9-21-16-8-13(20)3-5-15(12)16/h3,5,8-9,11,14,17,21H,2,4,6-7H2,1H3,(H,22,24)(H,23,25)(H,26,27)/t11-,14+,17?/m1/s1. The van der Waals surface area contributed by atoms with Crippen molar-refractivity contribution in [3.8, 4) is 0 Å². The van der Waals surface area contributed by atoms with E-state index in [0.29, 0.717) is 24.8 Å². The van der Waals surface area contributed by atoms with Gasteiger partial charge in [-0.2, -0.15) is 0 Å². The molecule has 0 aliphatic heterocycles. The highest BCUT2D eigenvalue weighted by molar-refractivity contribution is 5.89. The highest BCUT2D eigenvalue weighted by Crippen LogP contribution is 2.26. The molecule has 1 aromatic carbocycles. The van der Waals surface area contributed by atoms with E-state index in [9.17, 15) is 18.8 Å². The molecule has 4 N–H and O–H groups in total. The van der Waals surface area contributed by atoms with Crippen molar-refractivity contribution >= 4 is 28.7 Å². The smallest absolute Gasteiger partial charge is 0.306 e. The fourth-order valence-corrected chi connectivity index (χ4v) is 3.64. The zero-order valence-corrected chi connectivity index (χ0v) is 14.9. The van der Waals surface area contributed by atoms with E-state index < -0.39 is 17.9 Å². The first-order valence-corrected chi connectivity index (χ1v) is 8.89. The van der Waals surface area contributed by atoms with Gasteiger partial charge in [0.2, 0.25) is 11.8 Å². The molecule has 1 aromatic heterocycles. The summed E-state index contributed by atoms with van der Waals surface area (Å²) in [6, 6.07) is 3.34. The minimum atomic E-state index is -0.851. The molecule has 0 spiro atoms. The van der Waals surface area contributed by atoms with Gasteiger partial charge in [-0.05, 0) is 43.0 Å². The van der Waals surface area contributed by atoms with Gasteiger partial charge in [-0.3, -0.25) is 14.4 Å². The molecule has 1 saturated carbocycles. The summed E-state index contributed by atoms with van der Waals surface area (Å²) in [5.74, 6) is -2.34. The number of aromatic nitrogens is 1. The van der Waals surface area contributed by atoms with E-state index in [2.05, 4.69) is 15.6 Å². The first-order chi connectivity index (χ1) is 12.8. The van der Waals surface area contributed by atoms with Gasteiger partial charge in [0, 0.05) is 36.5 Å². The summed E-state index contributed by atoms with van der Waals surface area (Å²) in [6.45, 7) is 1.33. The summed E-state index contributed by atoms with van der Waals surface area (Å²) in [7, 11) is 0. The summed E-state index contributed by atoms with van der Waals surface area (Å²) < 4.78 is 13.3. The molecule has 2 amide bonds. The normalized spacial score (nSPS) is 20.4. The Hall–Kier alpha value is -2.90. The maximum absolute atomic E-state index is 13.3. The first-order valence-electron chi connectivity index (χ1n) is 8.89. The van der Waals surface area contributed by atoms with Crippen LogP contribution in [0.4, 0.5) is 4.39 Å². The molecule has 2 aromatic rings. The van der Waals surface area contributed by atoms with Crippen LogP contribution >= 0.6 is 0 Å². The van der Waals surface area contributed by atoms with Gasteiger partial charge in [-0.15, -0.1) is 0 Å². The Morgan fingerprint density at radius 2 is 2.11 bits per heavy atom. The molecule has 0 bridgehead atoms. The lowest BCUT2D eigenvalue weighted by Gasteiger charge is -2.20. The van der Waals surface area contributed by atoms with Crippen LogP contribution in [-0.2, 0) is 20.8 Å². The lowest BCUT2D eigenvalue weighted by Crippen LogP contribution is -2.49. The van der Waals surface area contributed by atoms with Crippen molar-refractivity contribution in [3.63, 3.8) is 0 Å². The minimum absolute atomic E-state index is 0.216. The average molecular weight is 375 g/mol. The van der Waals surface area contributed by atoms with Gasteiger partial charge in [0.25, 0.3) is 0 Å². The molecule has 7 nitrogen and oxygen atoms in total. The summed E-state index contributed by atoms with van der Waals surface area (Å²) in [5, 5.41) is 15.4. The molecule has 1 fully saturated rings. The molecule has 3 atom stereocenters. The monoisotopic (exact) mass is 375 g/mol. The number of hydrogen-bond acceptors (Lipinski definition) is 3. The van der Waals surface area contributed by atoms with Crippen molar-refractivity contribution in [1.82, 2.24) is 15.6 Å². The zero-order chi connectivity index (χ0) is 19.6. The highest BCUT2D eigenvalue weighted by atomic mass is 19.1. The molecule has 1 aliphatic rings. The molecule has 3 rings (SSSR count). The van der Waals surface area contributed by atoms with Gasteiger partial charge in [-0.1, -0.05) is 0 Å². The SMILES string of the molecule is CC(=O)NC(Cc1c[nH]c2cc(F)ccc12)C(=O)N[C@H]1CC[C@@H](C(=O)O)C1. The van der Waals surface area contributed by atoms with Crippen LogP contribution in [0.25, 0.3) is 10.9 Å². The van der Waals surface area contributed by atoms with E-state index in [1.807, 2.05) is 0 Å². The maximum atomic E-state index is 13.3. The van der Waals surface area contributed by atoms with Crippen LogP contribution in [0, 0.1) is 11.7 Å². The zero-order valence-electron chi connectivity index (χ0n) is 14.9. The Labute approximate surface area is 155 Å². The predicted molar refractivity (Wildman–Crippen MR) is 96.5 cm³/mol. The Morgan fingerprint density at radius 3 is 2.78 bits per heavy atom. The van der Waals surface area contributed by atoms with Crippen LogP contribution in [0.5, 0.6) is 0 Å². The molecule has 0 saturated heterocycles.